The minimum absolute atomic E-state index is 0.304. The van der Waals surface area contributed by atoms with Crippen LogP contribution in [0.2, 0.25) is 0 Å². The molecule has 2 aliphatic rings. The lowest BCUT2D eigenvalue weighted by Gasteiger charge is -2.37. The van der Waals surface area contributed by atoms with Gasteiger partial charge in [-0.05, 0) is 74.3 Å². The normalized spacial score (nSPS) is 24.7. The van der Waals surface area contributed by atoms with E-state index < -0.39 is 40.6 Å². The molecule has 0 atom stereocenters. The topological polar surface area (TPSA) is 35.5 Å². The Kier molecular flexibility index (Phi) is 8.34. The number of esters is 1. The molecule has 7 heteroatoms. The lowest BCUT2D eigenvalue weighted by molar-refractivity contribution is 0.0728. The summed E-state index contributed by atoms with van der Waals surface area (Å²) in [6.07, 6.45) is 11.4. The number of halogens is 4. The van der Waals surface area contributed by atoms with Crippen molar-refractivity contribution in [2.75, 3.05) is 6.61 Å². The quantitative estimate of drug-likeness (QED) is 0.171. The Bertz CT molecular complexity index is 1000. The second-order valence-electron chi connectivity index (χ2n) is 10.0. The van der Waals surface area contributed by atoms with Gasteiger partial charge in [0.25, 0.3) is 0 Å². The van der Waals surface area contributed by atoms with Crippen molar-refractivity contribution in [1.82, 2.24) is 0 Å². The van der Waals surface area contributed by atoms with Crippen molar-refractivity contribution in [3.8, 4) is 11.5 Å². The largest absolute Gasteiger partial charge is 0.493 e. The van der Waals surface area contributed by atoms with Crippen LogP contribution < -0.4 is 9.47 Å². The van der Waals surface area contributed by atoms with Gasteiger partial charge < -0.3 is 9.47 Å². The second kappa shape index (κ2) is 11.4. The van der Waals surface area contributed by atoms with Crippen LogP contribution in [-0.2, 0) is 0 Å². The first-order valence-electron chi connectivity index (χ1n) is 12.6. The lowest BCUT2D eigenvalue weighted by atomic mass is 9.69. The minimum atomic E-state index is -1.68. The van der Waals surface area contributed by atoms with E-state index in [1.54, 1.807) is 0 Å². The molecule has 0 N–H and O–H groups in total. The Balaban J connectivity index is 1.25. The van der Waals surface area contributed by atoms with E-state index in [1.807, 2.05) is 0 Å². The Morgan fingerprint density at radius 2 is 1.31 bits per heavy atom. The number of carbonyl (C=O) groups is 1. The van der Waals surface area contributed by atoms with Gasteiger partial charge >= 0.3 is 5.97 Å². The molecule has 0 unspecified atom stereocenters. The second-order valence-corrected chi connectivity index (χ2v) is 10.0. The first-order chi connectivity index (χ1) is 16.8. The van der Waals surface area contributed by atoms with Gasteiger partial charge in [0, 0.05) is 18.2 Å². The summed E-state index contributed by atoms with van der Waals surface area (Å²) in [5.74, 6) is -3.94. The zero-order chi connectivity index (χ0) is 24.9. The molecule has 190 valence electrons. The van der Waals surface area contributed by atoms with Crippen molar-refractivity contribution in [2.24, 2.45) is 23.7 Å². The van der Waals surface area contributed by atoms with E-state index in [-0.39, 0.29) is 0 Å². The maximum absolute atomic E-state index is 14.5. The molecule has 2 fully saturated rings. The summed E-state index contributed by atoms with van der Waals surface area (Å²) in [5, 5.41) is 0. The van der Waals surface area contributed by atoms with E-state index in [0.29, 0.717) is 30.4 Å². The van der Waals surface area contributed by atoms with Gasteiger partial charge in [0.15, 0.2) is 17.5 Å². The molecular weight excluding hydrogens is 460 g/mol. The van der Waals surface area contributed by atoms with Crippen LogP contribution in [0.5, 0.6) is 11.5 Å². The van der Waals surface area contributed by atoms with Gasteiger partial charge in [-0.15, -0.1) is 0 Å². The highest BCUT2D eigenvalue weighted by Crippen LogP contribution is 2.42. The van der Waals surface area contributed by atoms with Gasteiger partial charge in [-0.3, -0.25) is 0 Å². The molecule has 0 spiro atoms. The number of rotatable bonds is 7. The van der Waals surface area contributed by atoms with E-state index in [4.69, 9.17) is 9.47 Å². The van der Waals surface area contributed by atoms with Crippen molar-refractivity contribution < 1.29 is 31.8 Å². The summed E-state index contributed by atoms with van der Waals surface area (Å²) < 4.78 is 64.8. The van der Waals surface area contributed by atoms with E-state index in [0.717, 1.165) is 36.7 Å². The highest BCUT2D eigenvalue weighted by atomic mass is 19.2. The Labute approximate surface area is 203 Å². The molecule has 2 aromatic rings. The maximum Gasteiger partial charge on any atom is 0.346 e. The molecule has 0 aliphatic heterocycles. The van der Waals surface area contributed by atoms with Crippen LogP contribution in [0.1, 0.15) is 75.1 Å². The molecule has 2 saturated carbocycles. The van der Waals surface area contributed by atoms with Crippen molar-refractivity contribution in [2.45, 2.75) is 64.7 Å². The molecule has 4 rings (SSSR count). The third-order valence-corrected chi connectivity index (χ3v) is 7.84. The van der Waals surface area contributed by atoms with Crippen LogP contribution in [0.4, 0.5) is 17.6 Å². The first kappa shape index (κ1) is 25.5. The summed E-state index contributed by atoms with van der Waals surface area (Å²) in [7, 11) is 0. The third-order valence-electron chi connectivity index (χ3n) is 7.84. The third kappa shape index (κ3) is 6.36. The number of carbonyl (C=O) groups excluding carboxylic acids is 1. The van der Waals surface area contributed by atoms with Crippen molar-refractivity contribution in [3.05, 3.63) is 59.2 Å². The highest BCUT2D eigenvalue weighted by molar-refractivity contribution is 5.91. The average Bonchev–Trinajstić information content (AvgIpc) is 2.86. The molecular formula is C28H32F4O3. The molecule has 2 aliphatic carbocycles. The predicted octanol–water partition coefficient (Wildman–Crippen LogP) is 7.86. The van der Waals surface area contributed by atoms with E-state index >= 15 is 0 Å². The molecule has 0 bridgehead atoms. The number of ether oxygens (including phenoxy) is 2. The van der Waals surface area contributed by atoms with Crippen molar-refractivity contribution in [3.63, 3.8) is 0 Å². The maximum atomic E-state index is 14.5. The van der Waals surface area contributed by atoms with E-state index in [1.165, 1.54) is 57.1 Å². The SMILES string of the molecule is CC[C@H]1CC[C@H]([C@H]2CC[C@H](COc3ccc(C(=O)Oc4cc(F)c(F)c(F)c4)c(F)c3)CC2)CC1. The monoisotopic (exact) mass is 492 g/mol. The van der Waals surface area contributed by atoms with Crippen LogP contribution in [0.3, 0.4) is 0 Å². The molecule has 0 aromatic heterocycles. The van der Waals surface area contributed by atoms with Gasteiger partial charge in [-0.2, -0.15) is 0 Å². The minimum Gasteiger partial charge on any atom is -0.493 e. The zero-order valence-corrected chi connectivity index (χ0v) is 20.0. The van der Waals surface area contributed by atoms with Crippen molar-refractivity contribution >= 4 is 5.97 Å². The first-order valence-corrected chi connectivity index (χ1v) is 12.6. The van der Waals surface area contributed by atoms with Gasteiger partial charge in [0.2, 0.25) is 0 Å². The van der Waals surface area contributed by atoms with Gasteiger partial charge in [-0.1, -0.05) is 26.2 Å². The fraction of sp³-hybridized carbons (Fsp3) is 0.536. The summed E-state index contributed by atoms with van der Waals surface area (Å²) in [5.41, 5.74) is -0.416. The molecule has 2 aromatic carbocycles. The van der Waals surface area contributed by atoms with Crippen LogP contribution in [0.15, 0.2) is 30.3 Å². The molecule has 0 amide bonds. The Morgan fingerprint density at radius 3 is 1.86 bits per heavy atom. The van der Waals surface area contributed by atoms with Gasteiger partial charge in [-0.25, -0.2) is 22.4 Å². The van der Waals surface area contributed by atoms with E-state index in [2.05, 4.69) is 6.92 Å². The fourth-order valence-corrected chi connectivity index (χ4v) is 5.61. The summed E-state index contributed by atoms with van der Waals surface area (Å²) >= 11 is 0. The van der Waals surface area contributed by atoms with Gasteiger partial charge in [0.1, 0.15) is 17.3 Å². The van der Waals surface area contributed by atoms with Gasteiger partial charge in [0.05, 0.1) is 12.2 Å². The van der Waals surface area contributed by atoms with Crippen LogP contribution >= 0.6 is 0 Å². The van der Waals surface area contributed by atoms with Crippen LogP contribution in [0.25, 0.3) is 0 Å². The molecule has 0 heterocycles. The summed E-state index contributed by atoms with van der Waals surface area (Å²) in [6.45, 7) is 2.78. The standard InChI is InChI=1S/C28H32F4O3/c1-2-17-3-7-19(8-4-17)20-9-5-18(6-10-20)16-34-21-11-12-23(24(29)13-21)28(33)35-22-14-25(30)27(32)26(31)15-22/h11-15,17-20H,2-10,16H2,1H3/t17-,18-,19-,20-. The molecule has 35 heavy (non-hydrogen) atoms. The fourth-order valence-electron chi connectivity index (χ4n) is 5.61. The van der Waals surface area contributed by atoms with Crippen LogP contribution in [0, 0.1) is 46.9 Å². The number of hydrogen-bond acceptors (Lipinski definition) is 3. The molecule has 3 nitrogen and oxygen atoms in total. The lowest BCUT2D eigenvalue weighted by Crippen LogP contribution is -2.27. The van der Waals surface area contributed by atoms with Crippen LogP contribution in [-0.4, -0.2) is 12.6 Å². The smallest absolute Gasteiger partial charge is 0.346 e. The predicted molar refractivity (Wildman–Crippen MR) is 124 cm³/mol. The number of hydrogen-bond donors (Lipinski definition) is 0. The zero-order valence-electron chi connectivity index (χ0n) is 20.0. The molecule has 0 radical (unpaired) electrons. The highest BCUT2D eigenvalue weighted by Gasteiger charge is 2.30. The van der Waals surface area contributed by atoms with Crippen molar-refractivity contribution in [1.29, 1.82) is 0 Å². The van der Waals surface area contributed by atoms with E-state index in [9.17, 15) is 22.4 Å². The summed E-state index contributed by atoms with van der Waals surface area (Å²) in [4.78, 5) is 12.2. The summed E-state index contributed by atoms with van der Waals surface area (Å²) in [6, 6.07) is 4.81. The number of benzene rings is 2. The average molecular weight is 493 g/mol. The molecule has 0 saturated heterocycles. The Morgan fingerprint density at radius 1 is 0.771 bits per heavy atom. The Hall–Kier alpha value is -2.57.